The van der Waals surface area contributed by atoms with Gasteiger partial charge >= 0.3 is 0 Å². The van der Waals surface area contributed by atoms with Gasteiger partial charge in [0.05, 0.1) is 38.6 Å². The minimum absolute atomic E-state index is 0.333. The van der Waals surface area contributed by atoms with Crippen LogP contribution in [0.15, 0.2) is 176 Å². The zero-order valence-corrected chi connectivity index (χ0v) is 30.6. The van der Waals surface area contributed by atoms with E-state index in [9.17, 15) is 10.8 Å². The number of rotatable bonds is 2. The molecule has 264 valence electrons. The van der Waals surface area contributed by atoms with Gasteiger partial charge in [-0.25, -0.2) is 0 Å². The molecule has 0 spiro atoms. The van der Waals surface area contributed by atoms with Crippen molar-refractivity contribution in [3.05, 3.63) is 187 Å². The summed E-state index contributed by atoms with van der Waals surface area (Å²) in [6.45, 7) is 0. The first-order valence-corrected chi connectivity index (χ1v) is 19.4. The molecule has 9 aromatic carbocycles. The summed E-state index contributed by atoms with van der Waals surface area (Å²) in [5, 5.41) is 34.3. The van der Waals surface area contributed by atoms with Crippen LogP contribution in [-0.2, 0) is 0 Å². The van der Waals surface area contributed by atoms with E-state index in [4.69, 9.17) is 0 Å². The van der Waals surface area contributed by atoms with Gasteiger partial charge in [0.15, 0.2) is 0 Å². The SMILES string of the molecule is N=C(c1ccccc1C(=N)n1c2ccccc2c2c3c4c5ccccc5ccc4n4c5ccccc5c(cc21)c34)n1c2ccccc2c2c3ccccc3ccc21. The standard InChI is InChI=1S/C52H31N5/c53-51(56-41-23-11-8-20-37(41)46-32-15-3-1-13-30(32)25-27-43(46)56)35-18-5-6-19-36(35)52(54)57-42-24-12-9-21-38(42)48-45(57)29-39-34-17-7-10-22-40(34)55-44-28-26-31-14-2-4-16-33(31)47(44)49(48)50(39)55/h1-29,53-54H. The maximum absolute atomic E-state index is 10.2. The second-order valence-corrected chi connectivity index (χ2v) is 15.2. The normalized spacial score (nSPS) is 12.4. The lowest BCUT2D eigenvalue weighted by molar-refractivity contribution is 1.19. The molecule has 5 nitrogen and oxygen atoms in total. The van der Waals surface area contributed by atoms with Gasteiger partial charge in [0.25, 0.3) is 0 Å². The van der Waals surface area contributed by atoms with Crippen LogP contribution >= 0.6 is 0 Å². The Bertz CT molecular complexity index is 3910. The van der Waals surface area contributed by atoms with Gasteiger partial charge in [0.2, 0.25) is 0 Å². The van der Waals surface area contributed by atoms with Gasteiger partial charge in [0.1, 0.15) is 11.7 Å². The van der Waals surface area contributed by atoms with E-state index in [1.165, 1.54) is 59.6 Å². The van der Waals surface area contributed by atoms with Gasteiger partial charge in [-0.15, -0.1) is 0 Å². The molecule has 4 heterocycles. The van der Waals surface area contributed by atoms with Crippen LogP contribution in [0.2, 0.25) is 0 Å². The lowest BCUT2D eigenvalue weighted by Crippen LogP contribution is -2.20. The lowest BCUT2D eigenvalue weighted by atomic mass is 9.98. The predicted octanol–water partition coefficient (Wildman–Crippen LogP) is 13.1. The number of benzene rings is 9. The van der Waals surface area contributed by atoms with Crippen LogP contribution in [0.3, 0.4) is 0 Å². The Balaban J connectivity index is 1.12. The third-order valence-electron chi connectivity index (χ3n) is 12.4. The maximum Gasteiger partial charge on any atom is 0.138 e. The van der Waals surface area contributed by atoms with Crippen LogP contribution in [-0.4, -0.2) is 25.2 Å². The number of fused-ring (bicyclic) bond motifs is 17. The molecule has 0 bridgehead atoms. The molecular formula is C52H31N5. The number of nitrogens with one attached hydrogen (secondary N) is 2. The Kier molecular flexibility index (Phi) is 5.86. The molecular weight excluding hydrogens is 695 g/mol. The van der Waals surface area contributed by atoms with Crippen molar-refractivity contribution in [3.8, 4) is 0 Å². The average Bonchev–Trinajstić information content (AvgIpc) is 4.00. The molecule has 57 heavy (non-hydrogen) atoms. The summed E-state index contributed by atoms with van der Waals surface area (Å²) in [5.74, 6) is 0.668. The van der Waals surface area contributed by atoms with Crippen molar-refractivity contribution in [3.63, 3.8) is 0 Å². The van der Waals surface area contributed by atoms with Crippen LogP contribution in [0, 0.1) is 10.8 Å². The number of nitrogens with zero attached hydrogens (tertiary/aromatic N) is 3. The van der Waals surface area contributed by atoms with E-state index in [-0.39, 0.29) is 0 Å². The Morgan fingerprint density at radius 3 is 1.42 bits per heavy atom. The lowest BCUT2D eigenvalue weighted by Gasteiger charge is -2.16. The van der Waals surface area contributed by atoms with Crippen molar-refractivity contribution in [2.24, 2.45) is 0 Å². The van der Waals surface area contributed by atoms with E-state index in [0.29, 0.717) is 22.8 Å². The first-order chi connectivity index (χ1) is 28.2. The third-order valence-corrected chi connectivity index (χ3v) is 12.4. The van der Waals surface area contributed by atoms with E-state index in [1.54, 1.807) is 0 Å². The highest BCUT2D eigenvalue weighted by Gasteiger charge is 2.27. The number of aromatic nitrogens is 3. The minimum atomic E-state index is 0.333. The Morgan fingerprint density at radius 1 is 0.316 bits per heavy atom. The summed E-state index contributed by atoms with van der Waals surface area (Å²) in [5.41, 5.74) is 8.87. The average molecular weight is 726 g/mol. The van der Waals surface area contributed by atoms with Gasteiger partial charge in [0, 0.05) is 54.2 Å². The molecule has 2 N–H and O–H groups in total. The molecule has 0 aliphatic rings. The fourth-order valence-electron chi connectivity index (χ4n) is 10.1. The largest absolute Gasteiger partial charge is 0.308 e. The van der Waals surface area contributed by atoms with Gasteiger partial charge in [-0.1, -0.05) is 140 Å². The predicted molar refractivity (Wildman–Crippen MR) is 239 cm³/mol. The summed E-state index contributed by atoms with van der Waals surface area (Å²) in [6, 6.07) is 61.8. The van der Waals surface area contributed by atoms with Crippen LogP contribution in [0.1, 0.15) is 11.1 Å². The van der Waals surface area contributed by atoms with Crippen molar-refractivity contribution >= 4 is 115 Å². The fourth-order valence-corrected chi connectivity index (χ4v) is 10.1. The second kappa shape index (κ2) is 10.9. The third kappa shape index (κ3) is 3.82. The van der Waals surface area contributed by atoms with Crippen LogP contribution in [0.4, 0.5) is 0 Å². The summed E-state index contributed by atoms with van der Waals surface area (Å²) in [4.78, 5) is 0. The molecule has 0 atom stereocenters. The summed E-state index contributed by atoms with van der Waals surface area (Å²) in [6.07, 6.45) is 0. The molecule has 4 aromatic heterocycles. The fraction of sp³-hybridized carbons (Fsp3) is 0. The van der Waals surface area contributed by atoms with Gasteiger partial charge in [-0.05, 0) is 57.9 Å². The molecule has 5 heteroatoms. The molecule has 13 aromatic rings. The van der Waals surface area contributed by atoms with Crippen molar-refractivity contribution in [1.82, 2.24) is 13.5 Å². The van der Waals surface area contributed by atoms with Crippen molar-refractivity contribution in [1.29, 1.82) is 10.8 Å². The minimum Gasteiger partial charge on any atom is -0.308 e. The molecule has 0 radical (unpaired) electrons. The quantitative estimate of drug-likeness (QED) is 0.132. The smallest absolute Gasteiger partial charge is 0.138 e. The van der Waals surface area contributed by atoms with E-state index >= 15 is 0 Å². The Morgan fingerprint density at radius 2 is 0.772 bits per heavy atom. The molecule has 0 aliphatic carbocycles. The molecule has 13 rings (SSSR count). The van der Waals surface area contributed by atoms with Gasteiger partial charge in [-0.2, -0.15) is 0 Å². The Hall–Kier alpha value is -7.76. The molecule has 0 saturated carbocycles. The highest BCUT2D eigenvalue weighted by molar-refractivity contribution is 6.40. The molecule has 0 amide bonds. The first kappa shape index (κ1) is 30.6. The van der Waals surface area contributed by atoms with Crippen molar-refractivity contribution < 1.29 is 0 Å². The van der Waals surface area contributed by atoms with Crippen LogP contribution in [0.25, 0.3) is 103 Å². The van der Waals surface area contributed by atoms with Gasteiger partial charge < -0.3 is 4.40 Å². The summed E-state index contributed by atoms with van der Waals surface area (Å²) >= 11 is 0. The van der Waals surface area contributed by atoms with E-state index < -0.39 is 0 Å². The van der Waals surface area contributed by atoms with E-state index in [2.05, 4.69) is 159 Å². The zero-order valence-electron chi connectivity index (χ0n) is 30.6. The Labute approximate surface area is 325 Å². The van der Waals surface area contributed by atoms with Crippen LogP contribution < -0.4 is 0 Å². The van der Waals surface area contributed by atoms with Crippen molar-refractivity contribution in [2.45, 2.75) is 0 Å². The number of hydrogen-bond donors (Lipinski definition) is 2. The zero-order chi connectivity index (χ0) is 37.5. The molecule has 0 unspecified atom stereocenters. The topological polar surface area (TPSA) is 62.0 Å². The second-order valence-electron chi connectivity index (χ2n) is 15.2. The molecule has 0 fully saturated rings. The van der Waals surface area contributed by atoms with E-state index in [0.717, 1.165) is 43.6 Å². The first-order valence-electron chi connectivity index (χ1n) is 19.4. The van der Waals surface area contributed by atoms with Crippen LogP contribution in [0.5, 0.6) is 0 Å². The highest BCUT2D eigenvalue weighted by atomic mass is 15.1. The van der Waals surface area contributed by atoms with Crippen molar-refractivity contribution in [2.75, 3.05) is 0 Å². The van der Waals surface area contributed by atoms with Gasteiger partial charge in [-0.3, -0.25) is 20.0 Å². The highest BCUT2D eigenvalue weighted by Crippen LogP contribution is 2.48. The number of hydrogen-bond acceptors (Lipinski definition) is 2. The monoisotopic (exact) mass is 725 g/mol. The summed E-state index contributed by atoms with van der Waals surface area (Å²) < 4.78 is 6.64. The van der Waals surface area contributed by atoms with E-state index in [1.807, 2.05) is 30.3 Å². The molecule has 0 saturated heterocycles. The molecule has 0 aliphatic heterocycles. The summed E-state index contributed by atoms with van der Waals surface area (Å²) in [7, 11) is 0. The number of para-hydroxylation sites is 3. The maximum atomic E-state index is 10.2.